The molecule has 1 N–H and O–H groups in total. The van der Waals surface area contributed by atoms with Gasteiger partial charge in [0.2, 0.25) is 11.9 Å². The summed E-state index contributed by atoms with van der Waals surface area (Å²) in [5.41, 5.74) is 3.48. The Morgan fingerprint density at radius 2 is 1.81 bits per heavy atom. The Kier molecular flexibility index (Phi) is 5.38. The average Bonchev–Trinajstić information content (AvgIpc) is 2.89. The van der Waals surface area contributed by atoms with Gasteiger partial charge in [0.05, 0.1) is 30.4 Å². The van der Waals surface area contributed by atoms with E-state index in [2.05, 4.69) is 20.3 Å². The smallest absolute Gasteiger partial charge is 0.250 e. The molecule has 0 aliphatic rings. The molecule has 1 aromatic carbocycles. The summed E-state index contributed by atoms with van der Waals surface area (Å²) in [7, 11) is 0. The van der Waals surface area contributed by atoms with Crippen molar-refractivity contribution in [2.75, 3.05) is 11.9 Å². The van der Waals surface area contributed by atoms with Crippen molar-refractivity contribution in [3.05, 3.63) is 65.5 Å². The molecule has 2 heterocycles. The van der Waals surface area contributed by atoms with Gasteiger partial charge in [-0.15, -0.1) is 0 Å². The summed E-state index contributed by atoms with van der Waals surface area (Å²) in [6.07, 6.45) is 3.15. The Balaban J connectivity index is 1.56. The molecule has 0 saturated heterocycles. The second-order valence-corrected chi connectivity index (χ2v) is 5.96. The van der Waals surface area contributed by atoms with Crippen molar-refractivity contribution < 1.29 is 9.53 Å². The Morgan fingerprint density at radius 1 is 1.12 bits per heavy atom. The van der Waals surface area contributed by atoms with E-state index in [0.29, 0.717) is 18.2 Å². The maximum Gasteiger partial charge on any atom is 0.250 e. The summed E-state index contributed by atoms with van der Waals surface area (Å²) < 4.78 is 7.29. The fourth-order valence-electron chi connectivity index (χ4n) is 2.61. The fourth-order valence-corrected chi connectivity index (χ4v) is 2.61. The van der Waals surface area contributed by atoms with Gasteiger partial charge < -0.3 is 10.1 Å². The number of carbonyl (C=O) groups is 1. The first-order valence-electron chi connectivity index (χ1n) is 8.31. The highest BCUT2D eigenvalue weighted by Crippen LogP contribution is 2.14. The van der Waals surface area contributed by atoms with Gasteiger partial charge in [0.15, 0.2) is 0 Å². The lowest BCUT2D eigenvalue weighted by molar-refractivity contribution is -0.121. The van der Waals surface area contributed by atoms with Crippen LogP contribution in [-0.2, 0) is 16.1 Å². The van der Waals surface area contributed by atoms with Gasteiger partial charge in [0.1, 0.15) is 12.4 Å². The summed E-state index contributed by atoms with van der Waals surface area (Å²) in [6, 6.07) is 9.71. The molecule has 0 spiro atoms. The molecule has 7 heteroatoms. The Hall–Kier alpha value is -3.06. The van der Waals surface area contributed by atoms with Crippen LogP contribution in [0, 0.1) is 20.8 Å². The molecule has 0 atom stereocenters. The van der Waals surface area contributed by atoms with Crippen LogP contribution in [-0.4, -0.2) is 32.0 Å². The Bertz CT molecular complexity index is 888. The van der Waals surface area contributed by atoms with Crippen LogP contribution in [0.1, 0.15) is 22.8 Å². The lowest BCUT2D eigenvalue weighted by atomic mass is 10.2. The standard InChI is InChI=1S/C19H21N5O2/c1-13-14(2)24(15(3)22-13)19-20-9-17(10-21-19)23-18(25)12-26-11-16-7-5-4-6-8-16/h4-10H,11-12H2,1-3H3,(H,23,25). The van der Waals surface area contributed by atoms with Crippen molar-refractivity contribution in [1.82, 2.24) is 19.5 Å². The van der Waals surface area contributed by atoms with E-state index in [1.807, 2.05) is 55.7 Å². The van der Waals surface area contributed by atoms with Crippen molar-refractivity contribution in [3.63, 3.8) is 0 Å². The zero-order chi connectivity index (χ0) is 18.5. The number of rotatable bonds is 6. The van der Waals surface area contributed by atoms with Crippen LogP contribution >= 0.6 is 0 Å². The third-order valence-corrected chi connectivity index (χ3v) is 3.98. The summed E-state index contributed by atoms with van der Waals surface area (Å²) in [5.74, 6) is 1.10. The first-order chi connectivity index (χ1) is 12.5. The number of imidazole rings is 1. The monoisotopic (exact) mass is 351 g/mol. The number of hydrogen-bond acceptors (Lipinski definition) is 5. The highest BCUT2D eigenvalue weighted by Gasteiger charge is 2.12. The van der Waals surface area contributed by atoms with Gasteiger partial charge in [-0.2, -0.15) is 0 Å². The van der Waals surface area contributed by atoms with Crippen LogP contribution < -0.4 is 5.32 Å². The maximum absolute atomic E-state index is 12.0. The van der Waals surface area contributed by atoms with Crippen molar-refractivity contribution >= 4 is 11.6 Å². The van der Waals surface area contributed by atoms with E-state index in [1.165, 1.54) is 0 Å². The molecule has 3 rings (SSSR count). The second kappa shape index (κ2) is 7.88. The summed E-state index contributed by atoms with van der Waals surface area (Å²) >= 11 is 0. The molecule has 134 valence electrons. The minimum Gasteiger partial charge on any atom is -0.367 e. The molecule has 3 aromatic rings. The number of aryl methyl sites for hydroxylation is 2. The van der Waals surface area contributed by atoms with Gasteiger partial charge in [-0.1, -0.05) is 30.3 Å². The number of carbonyl (C=O) groups excluding carboxylic acids is 1. The van der Waals surface area contributed by atoms with Crippen LogP contribution in [0.25, 0.3) is 5.95 Å². The first-order valence-corrected chi connectivity index (χ1v) is 8.31. The van der Waals surface area contributed by atoms with Gasteiger partial charge in [-0.25, -0.2) is 15.0 Å². The van der Waals surface area contributed by atoms with Crippen molar-refractivity contribution in [2.24, 2.45) is 0 Å². The molecule has 7 nitrogen and oxygen atoms in total. The third-order valence-electron chi connectivity index (χ3n) is 3.98. The van der Waals surface area contributed by atoms with Gasteiger partial charge in [0.25, 0.3) is 0 Å². The molecule has 26 heavy (non-hydrogen) atoms. The van der Waals surface area contributed by atoms with Crippen LogP contribution in [0.15, 0.2) is 42.7 Å². The predicted molar refractivity (Wildman–Crippen MR) is 98.1 cm³/mol. The normalized spacial score (nSPS) is 10.7. The quantitative estimate of drug-likeness (QED) is 0.738. The highest BCUT2D eigenvalue weighted by atomic mass is 16.5. The Morgan fingerprint density at radius 3 is 2.42 bits per heavy atom. The lowest BCUT2D eigenvalue weighted by Crippen LogP contribution is -2.18. The lowest BCUT2D eigenvalue weighted by Gasteiger charge is -2.08. The van der Waals surface area contributed by atoms with E-state index in [9.17, 15) is 4.79 Å². The minimum atomic E-state index is -0.247. The molecule has 0 aliphatic heterocycles. The molecule has 0 unspecified atom stereocenters. The van der Waals surface area contributed by atoms with E-state index >= 15 is 0 Å². The molecule has 0 saturated carbocycles. The molecule has 0 fully saturated rings. The maximum atomic E-state index is 12.0. The number of nitrogens with zero attached hydrogens (tertiary/aromatic N) is 4. The molecule has 1 amide bonds. The molecule has 0 bridgehead atoms. The van der Waals surface area contributed by atoms with E-state index in [4.69, 9.17) is 4.74 Å². The van der Waals surface area contributed by atoms with Gasteiger partial charge >= 0.3 is 0 Å². The average molecular weight is 351 g/mol. The minimum absolute atomic E-state index is 0.0322. The zero-order valence-corrected chi connectivity index (χ0v) is 15.1. The van der Waals surface area contributed by atoms with Gasteiger partial charge in [-0.05, 0) is 26.3 Å². The summed E-state index contributed by atoms with van der Waals surface area (Å²) in [4.78, 5) is 25.0. The number of benzene rings is 1. The number of ether oxygens (including phenoxy) is 1. The fraction of sp³-hybridized carbons (Fsp3) is 0.263. The topological polar surface area (TPSA) is 81.9 Å². The van der Waals surface area contributed by atoms with Crippen molar-refractivity contribution in [2.45, 2.75) is 27.4 Å². The van der Waals surface area contributed by atoms with E-state index in [1.54, 1.807) is 12.4 Å². The van der Waals surface area contributed by atoms with Crippen LogP contribution in [0.3, 0.4) is 0 Å². The first kappa shape index (κ1) is 17.8. The zero-order valence-electron chi connectivity index (χ0n) is 15.1. The molecular formula is C19H21N5O2. The summed E-state index contributed by atoms with van der Waals surface area (Å²) in [6.45, 7) is 6.18. The molecular weight excluding hydrogens is 330 g/mol. The van der Waals surface area contributed by atoms with Crippen LogP contribution in [0.5, 0.6) is 0 Å². The number of amides is 1. The largest absolute Gasteiger partial charge is 0.367 e. The van der Waals surface area contributed by atoms with Crippen LogP contribution in [0.4, 0.5) is 5.69 Å². The van der Waals surface area contributed by atoms with E-state index < -0.39 is 0 Å². The molecule has 2 aromatic heterocycles. The number of anilines is 1. The third kappa shape index (κ3) is 4.12. The van der Waals surface area contributed by atoms with Crippen molar-refractivity contribution in [1.29, 1.82) is 0 Å². The predicted octanol–water partition coefficient (Wildman–Crippen LogP) is 2.74. The number of aromatic nitrogens is 4. The van der Waals surface area contributed by atoms with Crippen LogP contribution in [0.2, 0.25) is 0 Å². The van der Waals surface area contributed by atoms with E-state index in [0.717, 1.165) is 22.8 Å². The number of nitrogens with one attached hydrogen (secondary N) is 1. The molecule has 0 aliphatic carbocycles. The van der Waals surface area contributed by atoms with Gasteiger partial charge in [-0.3, -0.25) is 9.36 Å². The summed E-state index contributed by atoms with van der Waals surface area (Å²) in [5, 5.41) is 2.73. The van der Waals surface area contributed by atoms with E-state index in [-0.39, 0.29) is 12.5 Å². The van der Waals surface area contributed by atoms with Crippen molar-refractivity contribution in [3.8, 4) is 5.95 Å². The highest BCUT2D eigenvalue weighted by molar-refractivity contribution is 5.91. The molecule has 0 radical (unpaired) electrons. The Labute approximate surface area is 152 Å². The SMILES string of the molecule is Cc1nc(C)n(-c2ncc(NC(=O)COCc3ccccc3)cn2)c1C. The number of hydrogen-bond donors (Lipinski definition) is 1. The van der Waals surface area contributed by atoms with Gasteiger partial charge in [0, 0.05) is 5.69 Å². The second-order valence-electron chi connectivity index (χ2n) is 5.96.